The van der Waals surface area contributed by atoms with Crippen molar-refractivity contribution in [3.05, 3.63) is 24.2 Å². The summed E-state index contributed by atoms with van der Waals surface area (Å²) in [7, 11) is 0. The fraction of sp³-hybridized carbons (Fsp3) is 0.571. The van der Waals surface area contributed by atoms with Crippen molar-refractivity contribution >= 4 is 11.9 Å². The van der Waals surface area contributed by atoms with Gasteiger partial charge in [0.15, 0.2) is 0 Å². The summed E-state index contributed by atoms with van der Waals surface area (Å²) in [5.41, 5.74) is 0. The molecular weight excluding hydrogens is 278 g/mol. The van der Waals surface area contributed by atoms with Crippen molar-refractivity contribution in [1.82, 2.24) is 5.32 Å². The number of rotatable bonds is 8. The summed E-state index contributed by atoms with van der Waals surface area (Å²) in [5, 5.41) is 11.7. The van der Waals surface area contributed by atoms with E-state index in [9.17, 15) is 9.59 Å². The summed E-state index contributed by atoms with van der Waals surface area (Å²) in [6.07, 6.45) is 2.91. The number of furan rings is 1. The molecule has 0 aliphatic carbocycles. The van der Waals surface area contributed by atoms with Crippen molar-refractivity contribution in [3.63, 3.8) is 0 Å². The van der Waals surface area contributed by atoms with Crippen LogP contribution in [0.5, 0.6) is 0 Å². The van der Waals surface area contributed by atoms with Gasteiger partial charge >= 0.3 is 11.9 Å². The van der Waals surface area contributed by atoms with Gasteiger partial charge < -0.3 is 19.0 Å². The minimum Gasteiger partial charge on any atom is -0.481 e. The van der Waals surface area contributed by atoms with Crippen LogP contribution in [0.2, 0.25) is 0 Å². The third-order valence-electron chi connectivity index (χ3n) is 3.20. The van der Waals surface area contributed by atoms with Crippen LogP contribution in [0.1, 0.15) is 25.0 Å². The molecule has 2 heterocycles. The summed E-state index contributed by atoms with van der Waals surface area (Å²) in [4.78, 5) is 22.8. The zero-order chi connectivity index (χ0) is 15.1. The first-order valence-corrected chi connectivity index (χ1v) is 6.91. The van der Waals surface area contributed by atoms with Gasteiger partial charge in [0.1, 0.15) is 18.4 Å². The summed E-state index contributed by atoms with van der Waals surface area (Å²) in [6, 6.07) is 2.55. The van der Waals surface area contributed by atoms with Crippen LogP contribution >= 0.6 is 0 Å². The molecule has 1 aromatic rings. The average molecular weight is 297 g/mol. The van der Waals surface area contributed by atoms with Gasteiger partial charge in [0.05, 0.1) is 25.3 Å². The smallest absolute Gasteiger partial charge is 0.323 e. The summed E-state index contributed by atoms with van der Waals surface area (Å²) < 4.78 is 15.6. The Morgan fingerprint density at radius 1 is 1.52 bits per heavy atom. The van der Waals surface area contributed by atoms with E-state index in [4.69, 9.17) is 19.0 Å². The van der Waals surface area contributed by atoms with E-state index < -0.39 is 18.0 Å². The van der Waals surface area contributed by atoms with E-state index in [0.29, 0.717) is 12.4 Å². The van der Waals surface area contributed by atoms with Crippen molar-refractivity contribution in [2.24, 2.45) is 0 Å². The van der Waals surface area contributed by atoms with Gasteiger partial charge in [-0.15, -0.1) is 0 Å². The van der Waals surface area contributed by atoms with E-state index in [0.717, 1.165) is 12.8 Å². The van der Waals surface area contributed by atoms with Gasteiger partial charge in [-0.2, -0.15) is 0 Å². The van der Waals surface area contributed by atoms with Crippen LogP contribution in [0, 0.1) is 0 Å². The van der Waals surface area contributed by atoms with Crippen LogP contribution in [-0.4, -0.2) is 42.4 Å². The lowest BCUT2D eigenvalue weighted by Gasteiger charge is -2.17. The van der Waals surface area contributed by atoms with Crippen LogP contribution in [-0.2, 0) is 25.6 Å². The molecule has 7 heteroatoms. The molecule has 1 saturated heterocycles. The Hall–Kier alpha value is -1.86. The number of carboxylic acids is 1. The number of carbonyl (C=O) groups is 2. The minimum atomic E-state index is -1.07. The fourth-order valence-electron chi connectivity index (χ4n) is 2.10. The van der Waals surface area contributed by atoms with E-state index in [1.54, 1.807) is 12.1 Å². The zero-order valence-electron chi connectivity index (χ0n) is 11.6. The molecule has 7 nitrogen and oxygen atoms in total. The number of carbonyl (C=O) groups excluding carboxylic acids is 1. The van der Waals surface area contributed by atoms with Crippen molar-refractivity contribution in [1.29, 1.82) is 0 Å². The monoisotopic (exact) mass is 297 g/mol. The number of esters is 1. The van der Waals surface area contributed by atoms with Gasteiger partial charge in [-0.3, -0.25) is 14.9 Å². The maximum absolute atomic E-state index is 12.0. The standard InChI is InChI=1S/C14H19NO6/c16-13(17)7-12(15-8-10-3-1-5-19-10)14(18)21-9-11-4-2-6-20-11/h1,3,5,11-12,15H,2,4,6-9H2,(H,16,17)/t11-,12-/m0/s1. The molecule has 116 valence electrons. The Balaban J connectivity index is 1.81. The molecule has 0 aromatic carbocycles. The maximum atomic E-state index is 12.0. The van der Waals surface area contributed by atoms with Crippen LogP contribution in [0.15, 0.2) is 22.8 Å². The van der Waals surface area contributed by atoms with Gasteiger partial charge in [0.2, 0.25) is 0 Å². The highest BCUT2D eigenvalue weighted by atomic mass is 16.6. The predicted octanol–water partition coefficient (Wildman–Crippen LogP) is 0.935. The first kappa shape index (κ1) is 15.5. The van der Waals surface area contributed by atoms with Gasteiger partial charge in [0, 0.05) is 6.61 Å². The predicted molar refractivity (Wildman–Crippen MR) is 71.5 cm³/mol. The van der Waals surface area contributed by atoms with Gasteiger partial charge in [-0.05, 0) is 25.0 Å². The summed E-state index contributed by atoms with van der Waals surface area (Å²) >= 11 is 0. The number of nitrogens with one attached hydrogen (secondary N) is 1. The minimum absolute atomic E-state index is 0.0792. The molecule has 0 saturated carbocycles. The average Bonchev–Trinajstić information content (AvgIpc) is 3.13. The lowest BCUT2D eigenvalue weighted by atomic mass is 10.2. The SMILES string of the molecule is O=C(O)C[C@H](NCc1ccco1)C(=O)OC[C@@H]1CCCO1. The van der Waals surface area contributed by atoms with Crippen molar-refractivity contribution < 1.29 is 28.6 Å². The Bertz CT molecular complexity index is 452. The van der Waals surface area contributed by atoms with Crippen LogP contribution in [0.25, 0.3) is 0 Å². The molecule has 1 fully saturated rings. The van der Waals surface area contributed by atoms with Crippen molar-refractivity contribution in [2.45, 2.75) is 38.0 Å². The molecule has 0 spiro atoms. The number of aliphatic carboxylic acids is 1. The highest BCUT2D eigenvalue weighted by Crippen LogP contribution is 2.12. The lowest BCUT2D eigenvalue weighted by molar-refractivity contribution is -0.153. The molecule has 0 bridgehead atoms. The second kappa shape index (κ2) is 7.80. The summed E-state index contributed by atoms with van der Waals surface area (Å²) in [5.74, 6) is -1.03. The lowest BCUT2D eigenvalue weighted by Crippen LogP contribution is -2.40. The van der Waals surface area contributed by atoms with Gasteiger partial charge in [-0.1, -0.05) is 0 Å². The van der Waals surface area contributed by atoms with E-state index in [-0.39, 0.29) is 25.7 Å². The van der Waals surface area contributed by atoms with E-state index >= 15 is 0 Å². The Morgan fingerprint density at radius 3 is 3.00 bits per heavy atom. The highest BCUT2D eigenvalue weighted by Gasteiger charge is 2.25. The molecule has 0 amide bonds. The molecule has 1 aromatic heterocycles. The van der Waals surface area contributed by atoms with Crippen LogP contribution in [0.4, 0.5) is 0 Å². The third kappa shape index (κ3) is 5.20. The Morgan fingerprint density at radius 2 is 2.38 bits per heavy atom. The highest BCUT2D eigenvalue weighted by molar-refractivity contribution is 5.81. The molecule has 0 unspecified atom stereocenters. The third-order valence-corrected chi connectivity index (χ3v) is 3.20. The number of ether oxygens (including phenoxy) is 2. The number of hydrogen-bond donors (Lipinski definition) is 2. The van der Waals surface area contributed by atoms with Crippen LogP contribution < -0.4 is 5.32 Å². The molecule has 1 aliphatic heterocycles. The maximum Gasteiger partial charge on any atom is 0.323 e. The molecule has 0 radical (unpaired) electrons. The normalized spacial score (nSPS) is 19.3. The molecule has 2 N–H and O–H groups in total. The number of hydrogen-bond acceptors (Lipinski definition) is 6. The second-order valence-corrected chi connectivity index (χ2v) is 4.88. The van der Waals surface area contributed by atoms with E-state index in [1.165, 1.54) is 6.26 Å². The van der Waals surface area contributed by atoms with E-state index in [1.807, 2.05) is 0 Å². The first-order chi connectivity index (χ1) is 10.1. The fourth-order valence-corrected chi connectivity index (χ4v) is 2.10. The van der Waals surface area contributed by atoms with Crippen molar-refractivity contribution in [2.75, 3.05) is 13.2 Å². The van der Waals surface area contributed by atoms with Crippen LogP contribution in [0.3, 0.4) is 0 Å². The molecule has 2 atom stereocenters. The van der Waals surface area contributed by atoms with E-state index in [2.05, 4.69) is 5.32 Å². The second-order valence-electron chi connectivity index (χ2n) is 4.88. The molecule has 2 rings (SSSR count). The number of carboxylic acid groups (broad SMARTS) is 1. The Kier molecular flexibility index (Phi) is 5.77. The topological polar surface area (TPSA) is 98.0 Å². The quantitative estimate of drug-likeness (QED) is 0.689. The van der Waals surface area contributed by atoms with Gasteiger partial charge in [0.25, 0.3) is 0 Å². The van der Waals surface area contributed by atoms with Gasteiger partial charge in [-0.25, -0.2) is 0 Å². The largest absolute Gasteiger partial charge is 0.481 e. The Labute approximate surface area is 122 Å². The molecular formula is C14H19NO6. The van der Waals surface area contributed by atoms with Crippen molar-refractivity contribution in [3.8, 4) is 0 Å². The molecule has 1 aliphatic rings. The first-order valence-electron chi connectivity index (χ1n) is 6.91. The zero-order valence-corrected chi connectivity index (χ0v) is 11.6. The molecule has 21 heavy (non-hydrogen) atoms. The summed E-state index contributed by atoms with van der Waals surface area (Å²) in [6.45, 7) is 1.11.